The maximum atomic E-state index is 12.7. The lowest BCUT2D eigenvalue weighted by Gasteiger charge is -2.08. The molecule has 0 spiro atoms. The van der Waals surface area contributed by atoms with Crippen molar-refractivity contribution in [3.05, 3.63) is 22.4 Å². The zero-order valence-corrected chi connectivity index (χ0v) is 7.91. The molecule has 1 aliphatic rings. The number of rotatable bonds is 3. The molecule has 1 heterocycles. The van der Waals surface area contributed by atoms with E-state index in [1.165, 1.54) is 0 Å². The monoisotopic (exact) mass is 203 g/mol. The van der Waals surface area contributed by atoms with E-state index in [-0.39, 0.29) is 6.42 Å². The van der Waals surface area contributed by atoms with E-state index in [0.717, 1.165) is 5.56 Å². The van der Waals surface area contributed by atoms with E-state index in [1.54, 1.807) is 11.3 Å². The van der Waals surface area contributed by atoms with Crippen molar-refractivity contribution in [1.29, 1.82) is 0 Å². The fraction of sp³-hybridized carbons (Fsp3) is 0.556. The zero-order valence-electron chi connectivity index (χ0n) is 7.09. The molecule has 1 saturated carbocycles. The highest BCUT2D eigenvalue weighted by molar-refractivity contribution is 7.07. The quantitative estimate of drug-likeness (QED) is 0.802. The van der Waals surface area contributed by atoms with Crippen molar-refractivity contribution in [3.63, 3.8) is 0 Å². The minimum Gasteiger partial charge on any atom is -0.320 e. The second-order valence-corrected chi connectivity index (χ2v) is 4.45. The summed E-state index contributed by atoms with van der Waals surface area (Å²) in [5, 5.41) is 3.92. The van der Waals surface area contributed by atoms with E-state index in [2.05, 4.69) is 0 Å². The van der Waals surface area contributed by atoms with Gasteiger partial charge < -0.3 is 5.73 Å². The molecule has 0 amide bonds. The van der Waals surface area contributed by atoms with Crippen LogP contribution in [0.4, 0.5) is 8.78 Å². The lowest BCUT2D eigenvalue weighted by Crippen LogP contribution is -2.30. The Balaban J connectivity index is 1.88. The summed E-state index contributed by atoms with van der Waals surface area (Å²) in [6.07, 6.45) is 0.899. The van der Waals surface area contributed by atoms with Crippen molar-refractivity contribution in [1.82, 2.24) is 0 Å². The van der Waals surface area contributed by atoms with Crippen LogP contribution < -0.4 is 5.73 Å². The van der Waals surface area contributed by atoms with Crippen LogP contribution in [0.1, 0.15) is 18.4 Å². The predicted molar refractivity (Wildman–Crippen MR) is 49.1 cm³/mol. The average Bonchev–Trinajstić information content (AvgIpc) is 2.53. The van der Waals surface area contributed by atoms with Crippen molar-refractivity contribution >= 4 is 11.3 Å². The SMILES string of the molecule is NC1(CCc2ccsc2)CC1(F)F. The van der Waals surface area contributed by atoms with Gasteiger partial charge in [0.25, 0.3) is 5.92 Å². The molecule has 0 aromatic carbocycles. The van der Waals surface area contributed by atoms with Crippen LogP contribution in [0.3, 0.4) is 0 Å². The van der Waals surface area contributed by atoms with Crippen LogP contribution in [0.25, 0.3) is 0 Å². The van der Waals surface area contributed by atoms with Crippen molar-refractivity contribution in [2.75, 3.05) is 0 Å². The van der Waals surface area contributed by atoms with Crippen LogP contribution in [-0.2, 0) is 6.42 Å². The zero-order chi connectivity index (χ0) is 9.53. The predicted octanol–water partition coefficient (Wildman–Crippen LogP) is 2.42. The first-order valence-electron chi connectivity index (χ1n) is 4.21. The molecule has 1 aromatic heterocycles. The Hall–Kier alpha value is -0.480. The van der Waals surface area contributed by atoms with E-state index in [9.17, 15) is 8.78 Å². The minimum atomic E-state index is -2.62. The van der Waals surface area contributed by atoms with Gasteiger partial charge >= 0.3 is 0 Å². The normalized spacial score (nSPS) is 30.4. The van der Waals surface area contributed by atoms with Crippen LogP contribution in [0, 0.1) is 0 Å². The molecule has 72 valence electrons. The van der Waals surface area contributed by atoms with Crippen molar-refractivity contribution < 1.29 is 8.78 Å². The molecule has 2 N–H and O–H groups in total. The fourth-order valence-electron chi connectivity index (χ4n) is 1.43. The topological polar surface area (TPSA) is 26.0 Å². The molecule has 1 aromatic rings. The molecule has 2 rings (SSSR count). The third-order valence-corrected chi connectivity index (χ3v) is 3.31. The number of hydrogen-bond acceptors (Lipinski definition) is 2. The maximum absolute atomic E-state index is 12.7. The molecule has 0 aliphatic heterocycles. The molecule has 1 aliphatic carbocycles. The van der Waals surface area contributed by atoms with E-state index in [1.807, 2.05) is 16.8 Å². The smallest absolute Gasteiger partial charge is 0.267 e. The van der Waals surface area contributed by atoms with Crippen LogP contribution in [0.15, 0.2) is 16.8 Å². The van der Waals surface area contributed by atoms with E-state index >= 15 is 0 Å². The van der Waals surface area contributed by atoms with Crippen molar-refractivity contribution in [2.45, 2.75) is 30.7 Å². The lowest BCUT2D eigenvalue weighted by atomic mass is 10.1. The van der Waals surface area contributed by atoms with Gasteiger partial charge in [0.05, 0.1) is 5.54 Å². The van der Waals surface area contributed by atoms with Gasteiger partial charge in [0, 0.05) is 6.42 Å². The Labute approximate surface area is 79.6 Å². The third kappa shape index (κ3) is 1.60. The Bertz CT molecular complexity index is 297. The largest absolute Gasteiger partial charge is 0.320 e. The second-order valence-electron chi connectivity index (χ2n) is 3.67. The highest BCUT2D eigenvalue weighted by Crippen LogP contribution is 2.53. The van der Waals surface area contributed by atoms with Crippen molar-refractivity contribution in [2.24, 2.45) is 5.73 Å². The number of alkyl halides is 2. The molecule has 1 fully saturated rings. The van der Waals surface area contributed by atoms with Gasteiger partial charge in [0.15, 0.2) is 0 Å². The standard InChI is InChI=1S/C9H11F2NS/c10-9(11)6-8(9,12)3-1-7-2-4-13-5-7/h2,4-5H,1,3,6,12H2. The number of halogens is 2. The molecule has 0 saturated heterocycles. The average molecular weight is 203 g/mol. The number of hydrogen-bond donors (Lipinski definition) is 1. The van der Waals surface area contributed by atoms with Crippen LogP contribution in [0.2, 0.25) is 0 Å². The van der Waals surface area contributed by atoms with Gasteiger partial charge in [-0.25, -0.2) is 8.78 Å². The maximum Gasteiger partial charge on any atom is 0.267 e. The summed E-state index contributed by atoms with van der Waals surface area (Å²) in [6, 6.07) is 1.95. The highest BCUT2D eigenvalue weighted by Gasteiger charge is 2.68. The summed E-state index contributed by atoms with van der Waals surface area (Å²) in [7, 11) is 0. The van der Waals surface area contributed by atoms with Crippen LogP contribution in [0.5, 0.6) is 0 Å². The lowest BCUT2D eigenvalue weighted by molar-refractivity contribution is 0.0873. The summed E-state index contributed by atoms with van der Waals surface area (Å²) in [5.74, 6) is -2.62. The Morgan fingerprint density at radius 1 is 1.54 bits per heavy atom. The summed E-state index contributed by atoms with van der Waals surface area (Å²) < 4.78 is 25.4. The number of nitrogens with two attached hydrogens (primary N) is 1. The molecule has 1 atom stereocenters. The number of aryl methyl sites for hydroxylation is 1. The van der Waals surface area contributed by atoms with Gasteiger partial charge in [0.2, 0.25) is 0 Å². The van der Waals surface area contributed by atoms with Crippen molar-refractivity contribution in [3.8, 4) is 0 Å². The Morgan fingerprint density at radius 2 is 2.23 bits per heavy atom. The molecule has 0 radical (unpaired) electrons. The van der Waals surface area contributed by atoms with Gasteiger partial charge in [-0.15, -0.1) is 0 Å². The first kappa shape index (κ1) is 9.09. The van der Waals surface area contributed by atoms with Gasteiger partial charge in [-0.05, 0) is 35.2 Å². The summed E-state index contributed by atoms with van der Waals surface area (Å²) in [4.78, 5) is 0. The van der Waals surface area contributed by atoms with Gasteiger partial charge in [0.1, 0.15) is 0 Å². The molecule has 1 nitrogen and oxygen atoms in total. The molecule has 4 heteroatoms. The van der Waals surface area contributed by atoms with Crippen LogP contribution >= 0.6 is 11.3 Å². The summed E-state index contributed by atoms with van der Waals surface area (Å²) >= 11 is 1.58. The minimum absolute atomic E-state index is 0.149. The van der Waals surface area contributed by atoms with Gasteiger partial charge in [-0.1, -0.05) is 0 Å². The molecule has 13 heavy (non-hydrogen) atoms. The highest BCUT2D eigenvalue weighted by atomic mass is 32.1. The molecule has 0 bridgehead atoms. The van der Waals surface area contributed by atoms with Crippen LogP contribution in [-0.4, -0.2) is 11.5 Å². The van der Waals surface area contributed by atoms with Gasteiger partial charge in [-0.2, -0.15) is 11.3 Å². The second kappa shape index (κ2) is 2.75. The van der Waals surface area contributed by atoms with E-state index in [4.69, 9.17) is 5.73 Å². The van der Waals surface area contributed by atoms with Gasteiger partial charge in [-0.3, -0.25) is 0 Å². The molecular weight excluding hydrogens is 192 g/mol. The Kier molecular flexibility index (Phi) is 1.92. The van der Waals surface area contributed by atoms with E-state index < -0.39 is 11.5 Å². The fourth-order valence-corrected chi connectivity index (χ4v) is 2.13. The van der Waals surface area contributed by atoms with E-state index in [0.29, 0.717) is 12.8 Å². The summed E-state index contributed by atoms with van der Waals surface area (Å²) in [5.41, 5.74) is 5.39. The first-order valence-corrected chi connectivity index (χ1v) is 5.16. The molecule has 1 unspecified atom stereocenters. The molecular formula is C9H11F2NS. The first-order chi connectivity index (χ1) is 6.04. The summed E-state index contributed by atoms with van der Waals surface area (Å²) in [6.45, 7) is 0. The third-order valence-electron chi connectivity index (χ3n) is 2.58. The Morgan fingerprint density at radius 3 is 2.69 bits per heavy atom. The number of thiophene rings is 1.